The molecule has 7 nitrogen and oxygen atoms in total. The van der Waals surface area contributed by atoms with E-state index in [0.717, 1.165) is 5.56 Å². The van der Waals surface area contributed by atoms with Crippen molar-refractivity contribution in [3.63, 3.8) is 0 Å². The smallest absolute Gasteiger partial charge is 0.262 e. The second kappa shape index (κ2) is 11.2. The Kier molecular flexibility index (Phi) is 8.88. The van der Waals surface area contributed by atoms with E-state index in [1.54, 1.807) is 39.0 Å². The molecule has 0 spiro atoms. The maximum Gasteiger partial charge on any atom is 0.262 e. The molecule has 31 heavy (non-hydrogen) atoms. The van der Waals surface area contributed by atoms with Crippen LogP contribution in [0.1, 0.15) is 46.1 Å². The summed E-state index contributed by atoms with van der Waals surface area (Å²) in [6.07, 6.45) is 0. The standard InChI is InChI=1S/C23H32N2O5S/c1-6-25(7-2)31(27,28)22-15-19(12-13-21(22)29-8-3)24-23(26)16-30-20-11-9-10-18(14-20)17(4)5/h9-15,17H,6-8,16H2,1-5H3,(H,24,26). The molecule has 0 aliphatic heterocycles. The molecule has 0 aliphatic rings. The zero-order valence-corrected chi connectivity index (χ0v) is 19.7. The molecule has 2 rings (SSSR count). The maximum absolute atomic E-state index is 13.0. The van der Waals surface area contributed by atoms with E-state index in [4.69, 9.17) is 9.47 Å². The van der Waals surface area contributed by atoms with Crippen LogP contribution in [0.2, 0.25) is 0 Å². The number of nitrogens with zero attached hydrogens (tertiary/aromatic N) is 1. The van der Waals surface area contributed by atoms with Gasteiger partial charge in [0.1, 0.15) is 16.4 Å². The number of nitrogens with one attached hydrogen (secondary N) is 1. The van der Waals surface area contributed by atoms with Crippen molar-refractivity contribution in [2.24, 2.45) is 0 Å². The number of benzene rings is 2. The van der Waals surface area contributed by atoms with E-state index < -0.39 is 10.0 Å². The summed E-state index contributed by atoms with van der Waals surface area (Å²) in [5.41, 5.74) is 1.48. The van der Waals surface area contributed by atoms with Gasteiger partial charge in [0.25, 0.3) is 5.91 Å². The molecule has 0 unspecified atom stereocenters. The quantitative estimate of drug-likeness (QED) is 0.555. The number of carbonyl (C=O) groups is 1. The van der Waals surface area contributed by atoms with Crippen molar-refractivity contribution in [2.75, 3.05) is 31.6 Å². The fourth-order valence-electron chi connectivity index (χ4n) is 3.07. The molecule has 0 fully saturated rings. The predicted molar refractivity (Wildman–Crippen MR) is 122 cm³/mol. The summed E-state index contributed by atoms with van der Waals surface area (Å²) in [5, 5.41) is 2.70. The van der Waals surface area contributed by atoms with Gasteiger partial charge >= 0.3 is 0 Å². The lowest BCUT2D eigenvalue weighted by atomic mass is 10.0. The van der Waals surface area contributed by atoms with Gasteiger partial charge in [0.2, 0.25) is 10.0 Å². The van der Waals surface area contributed by atoms with Gasteiger partial charge in [-0.2, -0.15) is 4.31 Å². The summed E-state index contributed by atoms with van der Waals surface area (Å²) in [6, 6.07) is 12.2. The Morgan fingerprint density at radius 2 is 1.74 bits per heavy atom. The molecule has 0 aromatic heterocycles. The third-order valence-corrected chi connectivity index (χ3v) is 6.82. The molecule has 2 aromatic rings. The molecule has 8 heteroatoms. The first-order chi connectivity index (χ1) is 14.7. The first-order valence-electron chi connectivity index (χ1n) is 10.5. The summed E-state index contributed by atoms with van der Waals surface area (Å²) in [7, 11) is -3.75. The molecule has 0 aliphatic carbocycles. The third-order valence-electron chi connectivity index (χ3n) is 4.75. The topological polar surface area (TPSA) is 84.9 Å². The number of rotatable bonds is 11. The van der Waals surface area contributed by atoms with Crippen molar-refractivity contribution in [3.05, 3.63) is 48.0 Å². The molecule has 0 atom stereocenters. The monoisotopic (exact) mass is 448 g/mol. The van der Waals surface area contributed by atoms with Crippen LogP contribution in [0.15, 0.2) is 47.4 Å². The van der Waals surface area contributed by atoms with Crippen LogP contribution in [0.4, 0.5) is 5.69 Å². The van der Waals surface area contributed by atoms with Gasteiger partial charge in [-0.05, 0) is 48.7 Å². The van der Waals surface area contributed by atoms with Gasteiger partial charge in [0, 0.05) is 18.8 Å². The lowest BCUT2D eigenvalue weighted by Crippen LogP contribution is -2.31. The highest BCUT2D eigenvalue weighted by Gasteiger charge is 2.26. The predicted octanol–water partition coefficient (Wildman–Crippen LogP) is 4.26. The molecule has 0 saturated heterocycles. The second-order valence-electron chi connectivity index (χ2n) is 7.25. The molecule has 0 saturated carbocycles. The van der Waals surface area contributed by atoms with Gasteiger partial charge < -0.3 is 14.8 Å². The highest BCUT2D eigenvalue weighted by atomic mass is 32.2. The summed E-state index contributed by atoms with van der Waals surface area (Å²) < 4.78 is 38.5. The van der Waals surface area contributed by atoms with Crippen LogP contribution in [0.5, 0.6) is 11.5 Å². The van der Waals surface area contributed by atoms with E-state index in [-0.39, 0.29) is 23.2 Å². The van der Waals surface area contributed by atoms with Crippen molar-refractivity contribution in [3.8, 4) is 11.5 Å². The molecular weight excluding hydrogens is 416 g/mol. The number of hydrogen-bond donors (Lipinski definition) is 1. The van der Waals surface area contributed by atoms with Crippen LogP contribution in [-0.2, 0) is 14.8 Å². The highest BCUT2D eigenvalue weighted by molar-refractivity contribution is 7.89. The van der Waals surface area contributed by atoms with Crippen LogP contribution in [0.3, 0.4) is 0 Å². The molecule has 1 N–H and O–H groups in total. The SMILES string of the molecule is CCOc1ccc(NC(=O)COc2cccc(C(C)C)c2)cc1S(=O)(=O)N(CC)CC. The van der Waals surface area contributed by atoms with Gasteiger partial charge in [-0.1, -0.05) is 39.8 Å². The average Bonchev–Trinajstić information content (AvgIpc) is 2.74. The normalized spacial score (nSPS) is 11.6. The van der Waals surface area contributed by atoms with Gasteiger partial charge in [-0.3, -0.25) is 4.79 Å². The van der Waals surface area contributed by atoms with Gasteiger partial charge in [-0.15, -0.1) is 0 Å². The second-order valence-corrected chi connectivity index (χ2v) is 9.15. The van der Waals surface area contributed by atoms with Gasteiger partial charge in [0.15, 0.2) is 6.61 Å². The first kappa shape index (κ1) is 24.7. The van der Waals surface area contributed by atoms with Crippen molar-refractivity contribution in [1.82, 2.24) is 4.31 Å². The lowest BCUT2D eigenvalue weighted by Gasteiger charge is -2.21. The summed E-state index contributed by atoms with van der Waals surface area (Å²) in [6.45, 7) is 10.3. The largest absolute Gasteiger partial charge is 0.492 e. The zero-order chi connectivity index (χ0) is 23.0. The van der Waals surface area contributed by atoms with Crippen molar-refractivity contribution in [2.45, 2.75) is 45.4 Å². The molecule has 2 aromatic carbocycles. The van der Waals surface area contributed by atoms with E-state index in [9.17, 15) is 13.2 Å². The summed E-state index contributed by atoms with van der Waals surface area (Å²) >= 11 is 0. The number of amides is 1. The van der Waals surface area contributed by atoms with Crippen LogP contribution >= 0.6 is 0 Å². The van der Waals surface area contributed by atoms with E-state index >= 15 is 0 Å². The van der Waals surface area contributed by atoms with E-state index in [1.807, 2.05) is 18.2 Å². The summed E-state index contributed by atoms with van der Waals surface area (Å²) in [4.78, 5) is 12.4. The van der Waals surface area contributed by atoms with Gasteiger partial charge in [0.05, 0.1) is 6.61 Å². The minimum absolute atomic E-state index is 0.0291. The van der Waals surface area contributed by atoms with Crippen molar-refractivity contribution in [1.29, 1.82) is 0 Å². The minimum atomic E-state index is -3.75. The fraction of sp³-hybridized carbons (Fsp3) is 0.435. The number of sulfonamides is 1. The van der Waals surface area contributed by atoms with Crippen LogP contribution in [0.25, 0.3) is 0 Å². The van der Waals surface area contributed by atoms with Gasteiger partial charge in [-0.25, -0.2) is 8.42 Å². The maximum atomic E-state index is 13.0. The fourth-order valence-corrected chi connectivity index (χ4v) is 4.69. The van der Waals surface area contributed by atoms with E-state index in [1.165, 1.54) is 10.4 Å². The van der Waals surface area contributed by atoms with Crippen LogP contribution in [-0.4, -0.2) is 44.9 Å². The zero-order valence-electron chi connectivity index (χ0n) is 18.8. The molecule has 170 valence electrons. The van der Waals surface area contributed by atoms with E-state index in [2.05, 4.69) is 19.2 Å². The van der Waals surface area contributed by atoms with E-state index in [0.29, 0.717) is 37.1 Å². The first-order valence-corrected chi connectivity index (χ1v) is 12.0. The Bertz CT molecular complexity index is 985. The average molecular weight is 449 g/mol. The molecule has 0 bridgehead atoms. The van der Waals surface area contributed by atoms with Crippen molar-refractivity contribution < 1.29 is 22.7 Å². The molecule has 0 radical (unpaired) electrons. The highest BCUT2D eigenvalue weighted by Crippen LogP contribution is 2.30. The third kappa shape index (κ3) is 6.45. The number of anilines is 1. The summed E-state index contributed by atoms with van der Waals surface area (Å²) in [5.74, 6) is 0.838. The minimum Gasteiger partial charge on any atom is -0.492 e. The molecule has 1 amide bonds. The van der Waals surface area contributed by atoms with Crippen LogP contribution < -0.4 is 14.8 Å². The number of carbonyl (C=O) groups excluding carboxylic acids is 1. The lowest BCUT2D eigenvalue weighted by molar-refractivity contribution is -0.118. The Morgan fingerprint density at radius 1 is 1.03 bits per heavy atom. The number of ether oxygens (including phenoxy) is 2. The Balaban J connectivity index is 2.17. The number of hydrogen-bond acceptors (Lipinski definition) is 5. The Morgan fingerprint density at radius 3 is 2.35 bits per heavy atom. The Hall–Kier alpha value is -2.58. The van der Waals surface area contributed by atoms with Crippen molar-refractivity contribution >= 4 is 21.6 Å². The van der Waals surface area contributed by atoms with Crippen LogP contribution in [0, 0.1) is 0 Å². The Labute approximate surface area is 185 Å². The molecule has 0 heterocycles. The molecular formula is C23H32N2O5S.